The molecule has 2 rings (SSSR count). The number of nitrogens with two attached hydrogens (primary N) is 1. The molecule has 0 bridgehead atoms. The molecule has 0 saturated heterocycles. The molecule has 0 aliphatic heterocycles. The lowest BCUT2D eigenvalue weighted by molar-refractivity contribution is -0.137. The van der Waals surface area contributed by atoms with Crippen molar-refractivity contribution < 1.29 is 18.0 Å². The van der Waals surface area contributed by atoms with E-state index in [1.807, 2.05) is 0 Å². The summed E-state index contributed by atoms with van der Waals surface area (Å²) in [6, 6.07) is 1.95. The van der Waals surface area contributed by atoms with E-state index in [9.17, 15) is 18.0 Å². The number of nitrogens with one attached hydrogen (secondary N) is 1. The monoisotopic (exact) mass is 301 g/mol. The van der Waals surface area contributed by atoms with E-state index < -0.39 is 23.2 Å². The first kappa shape index (κ1) is 15.8. The third-order valence-electron chi connectivity index (χ3n) is 3.90. The van der Waals surface area contributed by atoms with Crippen molar-refractivity contribution in [2.24, 2.45) is 5.73 Å². The van der Waals surface area contributed by atoms with Gasteiger partial charge in [0.15, 0.2) is 0 Å². The molecule has 1 saturated carbocycles. The molecule has 1 aliphatic rings. The van der Waals surface area contributed by atoms with Crippen LogP contribution < -0.4 is 11.1 Å². The SMILES string of the molecule is NCC1(NC(=O)c2ccc(C(F)(F)F)cn2)CCCCC1. The van der Waals surface area contributed by atoms with Crippen molar-refractivity contribution in [3.05, 3.63) is 29.6 Å². The second-order valence-corrected chi connectivity index (χ2v) is 5.43. The minimum atomic E-state index is -4.45. The van der Waals surface area contributed by atoms with E-state index in [4.69, 9.17) is 5.73 Å². The highest BCUT2D eigenvalue weighted by Gasteiger charge is 2.34. The topological polar surface area (TPSA) is 68.0 Å². The van der Waals surface area contributed by atoms with Crippen molar-refractivity contribution in [3.63, 3.8) is 0 Å². The van der Waals surface area contributed by atoms with Crippen LogP contribution in [-0.4, -0.2) is 23.0 Å². The first-order valence-corrected chi connectivity index (χ1v) is 6.92. The number of aromatic nitrogens is 1. The number of rotatable bonds is 3. The van der Waals surface area contributed by atoms with Crippen LogP contribution in [0.15, 0.2) is 18.3 Å². The molecule has 0 spiro atoms. The number of amides is 1. The minimum Gasteiger partial charge on any atom is -0.344 e. The Morgan fingerprint density at radius 1 is 1.29 bits per heavy atom. The summed E-state index contributed by atoms with van der Waals surface area (Å²) in [6.45, 7) is 0.319. The normalized spacial score (nSPS) is 18.3. The number of carbonyl (C=O) groups excluding carboxylic acids is 1. The molecular formula is C14H18F3N3O. The number of hydrogen-bond donors (Lipinski definition) is 2. The Balaban J connectivity index is 2.09. The van der Waals surface area contributed by atoms with Crippen molar-refractivity contribution in [2.45, 2.75) is 43.8 Å². The van der Waals surface area contributed by atoms with E-state index >= 15 is 0 Å². The summed E-state index contributed by atoms with van der Waals surface area (Å²) in [7, 11) is 0. The maximum absolute atomic E-state index is 12.5. The van der Waals surface area contributed by atoms with E-state index in [2.05, 4.69) is 10.3 Å². The molecular weight excluding hydrogens is 283 g/mol. The Hall–Kier alpha value is -1.63. The fourth-order valence-corrected chi connectivity index (χ4v) is 2.61. The smallest absolute Gasteiger partial charge is 0.344 e. The Bertz CT molecular complexity index is 493. The summed E-state index contributed by atoms with van der Waals surface area (Å²) in [4.78, 5) is 15.7. The number of alkyl halides is 3. The van der Waals surface area contributed by atoms with Crippen LogP contribution in [0.25, 0.3) is 0 Å². The lowest BCUT2D eigenvalue weighted by atomic mass is 9.81. The van der Waals surface area contributed by atoms with Crippen LogP contribution in [-0.2, 0) is 6.18 Å². The molecule has 1 aromatic heterocycles. The van der Waals surface area contributed by atoms with Gasteiger partial charge in [0.2, 0.25) is 0 Å². The molecule has 1 amide bonds. The number of hydrogen-bond acceptors (Lipinski definition) is 3. The van der Waals surface area contributed by atoms with E-state index in [0.29, 0.717) is 12.7 Å². The molecule has 1 heterocycles. The van der Waals surface area contributed by atoms with Gasteiger partial charge < -0.3 is 11.1 Å². The maximum Gasteiger partial charge on any atom is 0.417 e. The molecule has 4 nitrogen and oxygen atoms in total. The quantitative estimate of drug-likeness (QED) is 0.901. The largest absolute Gasteiger partial charge is 0.417 e. The van der Waals surface area contributed by atoms with Crippen molar-refractivity contribution in [3.8, 4) is 0 Å². The average Bonchev–Trinajstić information content (AvgIpc) is 2.47. The Morgan fingerprint density at radius 2 is 1.95 bits per heavy atom. The van der Waals surface area contributed by atoms with Gasteiger partial charge in [-0.15, -0.1) is 0 Å². The Kier molecular flexibility index (Phi) is 4.51. The van der Waals surface area contributed by atoms with Gasteiger partial charge in [0, 0.05) is 12.7 Å². The predicted molar refractivity (Wildman–Crippen MR) is 71.6 cm³/mol. The van der Waals surface area contributed by atoms with Gasteiger partial charge in [-0.2, -0.15) is 13.2 Å². The predicted octanol–water partition coefficient (Wildman–Crippen LogP) is 2.49. The number of pyridine rings is 1. The van der Waals surface area contributed by atoms with Gasteiger partial charge >= 0.3 is 6.18 Å². The van der Waals surface area contributed by atoms with E-state index in [-0.39, 0.29) is 5.69 Å². The van der Waals surface area contributed by atoms with Gasteiger partial charge in [-0.25, -0.2) is 0 Å². The summed E-state index contributed by atoms with van der Waals surface area (Å²) >= 11 is 0. The van der Waals surface area contributed by atoms with Crippen LogP contribution in [0.5, 0.6) is 0 Å². The molecule has 0 atom stereocenters. The van der Waals surface area contributed by atoms with Crippen LogP contribution in [0, 0.1) is 0 Å². The van der Waals surface area contributed by atoms with E-state index in [0.717, 1.165) is 44.2 Å². The fourth-order valence-electron chi connectivity index (χ4n) is 2.61. The zero-order chi connectivity index (χ0) is 15.5. The number of nitrogens with zero attached hydrogens (tertiary/aromatic N) is 1. The summed E-state index contributed by atoms with van der Waals surface area (Å²) < 4.78 is 37.4. The summed E-state index contributed by atoms with van der Waals surface area (Å²) in [5.74, 6) is -0.476. The molecule has 0 radical (unpaired) electrons. The van der Waals surface area contributed by atoms with Crippen LogP contribution >= 0.6 is 0 Å². The third-order valence-corrected chi connectivity index (χ3v) is 3.90. The molecule has 116 valence electrons. The number of carbonyl (C=O) groups is 1. The molecule has 7 heteroatoms. The van der Waals surface area contributed by atoms with Crippen LogP contribution in [0.3, 0.4) is 0 Å². The van der Waals surface area contributed by atoms with Crippen molar-refractivity contribution in [1.29, 1.82) is 0 Å². The Labute approximate surface area is 120 Å². The summed E-state index contributed by atoms with van der Waals surface area (Å²) in [6.07, 6.45) is 0.868. The minimum absolute atomic E-state index is 0.0265. The second kappa shape index (κ2) is 6.01. The van der Waals surface area contributed by atoms with Crippen LogP contribution in [0.2, 0.25) is 0 Å². The molecule has 21 heavy (non-hydrogen) atoms. The highest BCUT2D eigenvalue weighted by atomic mass is 19.4. The maximum atomic E-state index is 12.5. The molecule has 0 unspecified atom stereocenters. The molecule has 1 aliphatic carbocycles. The molecule has 3 N–H and O–H groups in total. The Morgan fingerprint density at radius 3 is 2.43 bits per heavy atom. The highest BCUT2D eigenvalue weighted by Crippen LogP contribution is 2.29. The van der Waals surface area contributed by atoms with Crippen molar-refractivity contribution in [2.75, 3.05) is 6.54 Å². The highest BCUT2D eigenvalue weighted by molar-refractivity contribution is 5.92. The first-order chi connectivity index (χ1) is 9.86. The summed E-state index contributed by atoms with van der Waals surface area (Å²) in [5, 5.41) is 2.85. The summed E-state index contributed by atoms with van der Waals surface area (Å²) in [5.41, 5.74) is 4.41. The standard InChI is InChI=1S/C14H18F3N3O/c15-14(16,17)10-4-5-11(19-8-10)12(21)20-13(9-18)6-2-1-3-7-13/h4-5,8H,1-3,6-7,9,18H2,(H,20,21). The zero-order valence-corrected chi connectivity index (χ0v) is 11.5. The fraction of sp³-hybridized carbons (Fsp3) is 0.571. The van der Waals surface area contributed by atoms with Gasteiger partial charge in [0.25, 0.3) is 5.91 Å². The van der Waals surface area contributed by atoms with E-state index in [1.54, 1.807) is 0 Å². The van der Waals surface area contributed by atoms with Gasteiger partial charge in [0.05, 0.1) is 11.1 Å². The second-order valence-electron chi connectivity index (χ2n) is 5.43. The molecule has 0 aromatic carbocycles. The van der Waals surface area contributed by atoms with Gasteiger partial charge in [-0.05, 0) is 25.0 Å². The van der Waals surface area contributed by atoms with Crippen molar-refractivity contribution >= 4 is 5.91 Å². The average molecular weight is 301 g/mol. The molecule has 1 aromatic rings. The third kappa shape index (κ3) is 3.72. The number of halogens is 3. The first-order valence-electron chi connectivity index (χ1n) is 6.92. The van der Waals surface area contributed by atoms with Gasteiger partial charge in [-0.1, -0.05) is 19.3 Å². The van der Waals surface area contributed by atoms with Crippen LogP contribution in [0.4, 0.5) is 13.2 Å². The lowest BCUT2D eigenvalue weighted by Gasteiger charge is -2.37. The zero-order valence-electron chi connectivity index (χ0n) is 11.5. The van der Waals surface area contributed by atoms with Gasteiger partial charge in [0.1, 0.15) is 5.69 Å². The molecule has 1 fully saturated rings. The van der Waals surface area contributed by atoms with Gasteiger partial charge in [-0.3, -0.25) is 9.78 Å². The lowest BCUT2D eigenvalue weighted by Crippen LogP contribution is -2.54. The van der Waals surface area contributed by atoms with Crippen LogP contribution in [0.1, 0.15) is 48.2 Å². The van der Waals surface area contributed by atoms with E-state index in [1.165, 1.54) is 0 Å². The van der Waals surface area contributed by atoms with Crippen molar-refractivity contribution in [1.82, 2.24) is 10.3 Å².